The van der Waals surface area contributed by atoms with Crippen molar-refractivity contribution >= 4 is 17.7 Å². The summed E-state index contributed by atoms with van der Waals surface area (Å²) in [6, 6.07) is 0.392. The zero-order chi connectivity index (χ0) is 18.5. The van der Waals surface area contributed by atoms with Gasteiger partial charge in [0.05, 0.1) is 11.7 Å². The topological polar surface area (TPSA) is 122 Å². The third-order valence-corrected chi connectivity index (χ3v) is 5.61. The van der Waals surface area contributed by atoms with Gasteiger partial charge in [-0.1, -0.05) is 6.42 Å². The van der Waals surface area contributed by atoms with Crippen LogP contribution in [0.1, 0.15) is 55.3 Å². The Kier molecular flexibility index (Phi) is 6.26. The molecule has 5 N–H and O–H groups in total. The summed E-state index contributed by atoms with van der Waals surface area (Å²) in [4.78, 5) is 20.5. The van der Waals surface area contributed by atoms with E-state index in [2.05, 4.69) is 20.6 Å². The normalized spacial score (nSPS) is 28.7. The van der Waals surface area contributed by atoms with Crippen molar-refractivity contribution in [1.29, 1.82) is 0 Å². The SMILES string of the molecule is CO[C@H]1CC[C@H](Nc2ncc(C(N)=O)c(N[C@H]3CCC[C@H]3CO)n2)CC1. The molecule has 1 amide bonds. The Morgan fingerprint density at radius 2 is 2.04 bits per heavy atom. The highest BCUT2D eigenvalue weighted by molar-refractivity contribution is 5.97. The van der Waals surface area contributed by atoms with Gasteiger partial charge in [0, 0.05) is 37.9 Å². The largest absolute Gasteiger partial charge is 0.396 e. The highest BCUT2D eigenvalue weighted by Crippen LogP contribution is 2.29. The number of aromatic nitrogens is 2. The Morgan fingerprint density at radius 3 is 2.69 bits per heavy atom. The fraction of sp³-hybridized carbons (Fsp3) is 0.722. The summed E-state index contributed by atoms with van der Waals surface area (Å²) in [5, 5.41) is 16.2. The van der Waals surface area contributed by atoms with Crippen molar-refractivity contribution in [1.82, 2.24) is 9.97 Å². The summed E-state index contributed by atoms with van der Waals surface area (Å²) in [6.45, 7) is 0.127. The summed E-state index contributed by atoms with van der Waals surface area (Å²) >= 11 is 0. The second-order valence-electron chi connectivity index (χ2n) is 7.30. The molecule has 2 fully saturated rings. The summed E-state index contributed by atoms with van der Waals surface area (Å²) in [5.74, 6) is 0.562. The van der Waals surface area contributed by atoms with E-state index in [4.69, 9.17) is 10.5 Å². The fourth-order valence-electron chi connectivity index (χ4n) is 3.99. The van der Waals surface area contributed by atoms with Crippen LogP contribution in [0.25, 0.3) is 0 Å². The molecule has 0 saturated heterocycles. The van der Waals surface area contributed by atoms with E-state index in [1.807, 2.05) is 0 Å². The fourth-order valence-corrected chi connectivity index (χ4v) is 3.99. The Labute approximate surface area is 153 Å². The van der Waals surface area contributed by atoms with E-state index in [-0.39, 0.29) is 24.1 Å². The maximum atomic E-state index is 11.7. The number of aliphatic hydroxyl groups is 1. The first-order valence-corrected chi connectivity index (χ1v) is 9.44. The summed E-state index contributed by atoms with van der Waals surface area (Å²) < 4.78 is 5.41. The van der Waals surface area contributed by atoms with Crippen LogP contribution in [-0.4, -0.2) is 52.9 Å². The number of anilines is 2. The molecule has 2 aliphatic rings. The van der Waals surface area contributed by atoms with Crippen molar-refractivity contribution in [3.8, 4) is 0 Å². The number of rotatable bonds is 7. The smallest absolute Gasteiger partial charge is 0.254 e. The van der Waals surface area contributed by atoms with Crippen LogP contribution >= 0.6 is 0 Å². The predicted molar refractivity (Wildman–Crippen MR) is 99.1 cm³/mol. The van der Waals surface area contributed by atoms with Gasteiger partial charge in [0.25, 0.3) is 5.91 Å². The number of carbonyl (C=O) groups is 1. The number of carbonyl (C=O) groups excluding carboxylic acids is 1. The molecule has 2 atom stereocenters. The van der Waals surface area contributed by atoms with E-state index in [9.17, 15) is 9.90 Å². The molecule has 0 aromatic carbocycles. The maximum absolute atomic E-state index is 11.7. The number of nitrogens with zero attached hydrogens (tertiary/aromatic N) is 2. The molecule has 1 aromatic heterocycles. The number of amides is 1. The van der Waals surface area contributed by atoms with Gasteiger partial charge in [0.1, 0.15) is 5.82 Å². The zero-order valence-electron chi connectivity index (χ0n) is 15.3. The summed E-state index contributed by atoms with van der Waals surface area (Å²) in [7, 11) is 1.75. The molecule has 144 valence electrons. The third-order valence-electron chi connectivity index (χ3n) is 5.61. The molecule has 1 aromatic rings. The molecule has 1 heterocycles. The lowest BCUT2D eigenvalue weighted by Crippen LogP contribution is -2.31. The number of primary amides is 1. The molecule has 2 aliphatic carbocycles. The van der Waals surface area contributed by atoms with Crippen LogP contribution < -0.4 is 16.4 Å². The van der Waals surface area contributed by atoms with E-state index in [0.29, 0.717) is 23.9 Å². The first-order chi connectivity index (χ1) is 12.6. The Morgan fingerprint density at radius 1 is 1.27 bits per heavy atom. The number of methoxy groups -OCH3 is 1. The molecular weight excluding hydrogens is 334 g/mol. The molecule has 8 heteroatoms. The second-order valence-corrected chi connectivity index (χ2v) is 7.30. The van der Waals surface area contributed by atoms with Crippen molar-refractivity contribution in [2.45, 2.75) is 63.1 Å². The first-order valence-electron chi connectivity index (χ1n) is 9.44. The van der Waals surface area contributed by atoms with E-state index < -0.39 is 5.91 Å². The molecule has 8 nitrogen and oxygen atoms in total. The van der Waals surface area contributed by atoms with Gasteiger partial charge >= 0.3 is 0 Å². The minimum absolute atomic E-state index is 0.0954. The van der Waals surface area contributed by atoms with Crippen molar-refractivity contribution < 1.29 is 14.6 Å². The molecule has 0 bridgehead atoms. The number of nitrogens with one attached hydrogen (secondary N) is 2. The standard InChI is InChI=1S/C18H29N5O3/c1-26-13-7-5-12(6-8-13)21-18-20-9-14(16(19)25)17(23-18)22-15-4-2-3-11(15)10-24/h9,11-13,15,24H,2-8,10H2,1H3,(H2,19,25)(H2,20,21,22,23)/t11-,12-,13-,15-/m0/s1. The Balaban J connectivity index is 1.71. The number of aliphatic hydroxyl groups excluding tert-OH is 1. The van der Waals surface area contributed by atoms with E-state index in [1.54, 1.807) is 7.11 Å². The Hall–Kier alpha value is -1.93. The molecular formula is C18H29N5O3. The lowest BCUT2D eigenvalue weighted by Gasteiger charge is -2.28. The van der Waals surface area contributed by atoms with Crippen molar-refractivity contribution in [3.05, 3.63) is 11.8 Å². The number of nitrogens with two attached hydrogens (primary N) is 1. The molecule has 0 aliphatic heterocycles. The average Bonchev–Trinajstić information content (AvgIpc) is 3.09. The molecule has 2 saturated carbocycles. The first kappa shape index (κ1) is 18.8. The molecule has 0 unspecified atom stereocenters. The van der Waals surface area contributed by atoms with Crippen LogP contribution in [0.3, 0.4) is 0 Å². The second kappa shape index (κ2) is 8.64. The molecule has 0 radical (unpaired) electrons. The van der Waals surface area contributed by atoms with Gasteiger partial charge in [-0.2, -0.15) is 4.98 Å². The lowest BCUT2D eigenvalue weighted by molar-refractivity contribution is 0.0681. The van der Waals surface area contributed by atoms with E-state index in [0.717, 1.165) is 44.9 Å². The lowest BCUT2D eigenvalue weighted by atomic mass is 9.93. The quantitative estimate of drug-likeness (QED) is 0.579. The van der Waals surface area contributed by atoms with Crippen LogP contribution in [-0.2, 0) is 4.74 Å². The molecule has 0 spiro atoms. The van der Waals surface area contributed by atoms with Crippen LogP contribution in [0, 0.1) is 5.92 Å². The highest BCUT2D eigenvalue weighted by Gasteiger charge is 2.28. The van der Waals surface area contributed by atoms with Crippen LogP contribution in [0.2, 0.25) is 0 Å². The highest BCUT2D eigenvalue weighted by atomic mass is 16.5. The number of hydrogen-bond acceptors (Lipinski definition) is 7. The van der Waals surface area contributed by atoms with Gasteiger partial charge in [-0.15, -0.1) is 0 Å². The molecule has 26 heavy (non-hydrogen) atoms. The third kappa shape index (κ3) is 4.42. The summed E-state index contributed by atoms with van der Waals surface area (Å²) in [6.07, 6.45) is 8.79. The van der Waals surface area contributed by atoms with Gasteiger partial charge in [0.15, 0.2) is 0 Å². The van der Waals surface area contributed by atoms with Crippen molar-refractivity contribution in [2.75, 3.05) is 24.4 Å². The van der Waals surface area contributed by atoms with Crippen LogP contribution in [0.15, 0.2) is 6.20 Å². The number of hydrogen-bond donors (Lipinski definition) is 4. The van der Waals surface area contributed by atoms with Gasteiger partial charge in [-0.25, -0.2) is 4.98 Å². The minimum Gasteiger partial charge on any atom is -0.396 e. The zero-order valence-corrected chi connectivity index (χ0v) is 15.3. The average molecular weight is 363 g/mol. The van der Waals surface area contributed by atoms with Gasteiger partial charge in [0.2, 0.25) is 5.95 Å². The minimum atomic E-state index is -0.557. The monoisotopic (exact) mass is 363 g/mol. The van der Waals surface area contributed by atoms with Crippen molar-refractivity contribution in [3.63, 3.8) is 0 Å². The van der Waals surface area contributed by atoms with Gasteiger partial charge in [-0.3, -0.25) is 4.79 Å². The number of ether oxygens (including phenoxy) is 1. The van der Waals surface area contributed by atoms with E-state index >= 15 is 0 Å². The van der Waals surface area contributed by atoms with E-state index in [1.165, 1.54) is 6.20 Å². The van der Waals surface area contributed by atoms with Gasteiger partial charge < -0.3 is 26.2 Å². The molecule has 3 rings (SSSR count). The summed E-state index contributed by atoms with van der Waals surface area (Å²) in [5.41, 5.74) is 5.76. The Bertz CT molecular complexity index is 619. The van der Waals surface area contributed by atoms with Crippen LogP contribution in [0.5, 0.6) is 0 Å². The predicted octanol–water partition coefficient (Wildman–Crippen LogP) is 1.52. The van der Waals surface area contributed by atoms with Crippen LogP contribution in [0.4, 0.5) is 11.8 Å². The van der Waals surface area contributed by atoms with Gasteiger partial charge in [-0.05, 0) is 38.5 Å². The van der Waals surface area contributed by atoms with Crippen molar-refractivity contribution in [2.24, 2.45) is 11.7 Å². The maximum Gasteiger partial charge on any atom is 0.254 e.